The minimum absolute atomic E-state index is 0.0980. The summed E-state index contributed by atoms with van der Waals surface area (Å²) in [6.45, 7) is 2.26. The van der Waals surface area contributed by atoms with Crippen LogP contribution in [0.2, 0.25) is 0 Å². The van der Waals surface area contributed by atoms with Gasteiger partial charge in [-0.2, -0.15) is 0 Å². The fourth-order valence-electron chi connectivity index (χ4n) is 2.81. The van der Waals surface area contributed by atoms with Gasteiger partial charge in [-0.15, -0.1) is 0 Å². The number of carbonyl (C=O) groups is 2. The molecule has 0 bridgehead atoms. The summed E-state index contributed by atoms with van der Waals surface area (Å²) in [5.74, 6) is -0.753. The molecule has 2 N–H and O–H groups in total. The lowest BCUT2D eigenvalue weighted by Gasteiger charge is -2.08. The van der Waals surface area contributed by atoms with Crippen LogP contribution in [-0.4, -0.2) is 33.7 Å². The minimum Gasteiger partial charge on any atom is -0.320 e. The molecular formula is C20H20N4O4S. The van der Waals surface area contributed by atoms with Gasteiger partial charge in [0.1, 0.15) is 10.9 Å². The van der Waals surface area contributed by atoms with E-state index in [1.165, 1.54) is 23.9 Å². The molecule has 1 atom stereocenters. The second kappa shape index (κ2) is 9.33. The molecule has 1 heterocycles. The summed E-state index contributed by atoms with van der Waals surface area (Å²) in [6, 6.07) is 14.5. The molecule has 9 heteroatoms. The molecule has 1 aliphatic rings. The maximum Gasteiger partial charge on any atom is 0.293 e. The fraction of sp³-hybridized carbons (Fsp3) is 0.250. The summed E-state index contributed by atoms with van der Waals surface area (Å²) < 4.78 is 0. The quantitative estimate of drug-likeness (QED) is 0.536. The second-order valence-electron chi connectivity index (χ2n) is 6.55. The van der Waals surface area contributed by atoms with Crippen LogP contribution in [0.25, 0.3) is 0 Å². The molecule has 2 aromatic rings. The average molecular weight is 412 g/mol. The smallest absolute Gasteiger partial charge is 0.293 e. The van der Waals surface area contributed by atoms with E-state index in [2.05, 4.69) is 15.6 Å². The number of nitrogens with zero attached hydrogens (tertiary/aromatic N) is 2. The molecule has 0 aliphatic carbocycles. The highest BCUT2D eigenvalue weighted by molar-refractivity contribution is 8.15. The molecule has 3 rings (SSSR count). The van der Waals surface area contributed by atoms with Crippen molar-refractivity contribution in [3.05, 3.63) is 69.8 Å². The van der Waals surface area contributed by atoms with Crippen molar-refractivity contribution in [3.63, 3.8) is 0 Å². The summed E-state index contributed by atoms with van der Waals surface area (Å²) in [5.41, 5.74) is 1.81. The topological polar surface area (TPSA) is 114 Å². The SMILES string of the molecule is Cc1ccc(NC(=O)CC2SC(=NCCc3ccccc3)NC2=O)c([N+](=O)[O-])c1. The van der Waals surface area contributed by atoms with Crippen LogP contribution in [0.3, 0.4) is 0 Å². The van der Waals surface area contributed by atoms with Gasteiger partial charge < -0.3 is 10.6 Å². The lowest BCUT2D eigenvalue weighted by Crippen LogP contribution is -2.28. The lowest BCUT2D eigenvalue weighted by molar-refractivity contribution is -0.384. The molecule has 0 spiro atoms. The highest BCUT2D eigenvalue weighted by Crippen LogP contribution is 2.27. The summed E-state index contributed by atoms with van der Waals surface area (Å²) in [4.78, 5) is 39.4. The fourth-order valence-corrected chi connectivity index (χ4v) is 3.81. The van der Waals surface area contributed by atoms with E-state index in [4.69, 9.17) is 0 Å². The van der Waals surface area contributed by atoms with E-state index in [-0.39, 0.29) is 23.7 Å². The van der Waals surface area contributed by atoms with Crippen LogP contribution in [0.15, 0.2) is 53.5 Å². The van der Waals surface area contributed by atoms with E-state index in [0.717, 1.165) is 17.5 Å². The molecule has 1 aliphatic heterocycles. The molecular weight excluding hydrogens is 392 g/mol. The largest absolute Gasteiger partial charge is 0.320 e. The number of nitro groups is 1. The standard InChI is InChI=1S/C20H20N4O4S/c1-13-7-8-15(16(11-13)24(27)28)22-18(25)12-17-19(26)23-20(29-17)21-10-9-14-5-3-2-4-6-14/h2-8,11,17H,9-10,12H2,1H3,(H,22,25)(H,21,23,26). The Labute approximate surface area is 171 Å². The van der Waals surface area contributed by atoms with Crippen LogP contribution in [0.1, 0.15) is 17.5 Å². The number of hydrogen-bond acceptors (Lipinski definition) is 6. The van der Waals surface area contributed by atoms with E-state index in [0.29, 0.717) is 11.7 Å². The molecule has 1 saturated heterocycles. The van der Waals surface area contributed by atoms with Crippen molar-refractivity contribution >= 4 is 40.1 Å². The predicted octanol–water partition coefficient (Wildman–Crippen LogP) is 3.06. The Morgan fingerprint density at radius 1 is 1.28 bits per heavy atom. The number of hydrogen-bond donors (Lipinski definition) is 2. The van der Waals surface area contributed by atoms with Gasteiger partial charge >= 0.3 is 0 Å². The van der Waals surface area contributed by atoms with Crippen LogP contribution in [0, 0.1) is 17.0 Å². The minimum atomic E-state index is -0.616. The van der Waals surface area contributed by atoms with Crippen LogP contribution >= 0.6 is 11.8 Å². The summed E-state index contributed by atoms with van der Waals surface area (Å²) in [6.07, 6.45) is 0.655. The maximum absolute atomic E-state index is 12.3. The van der Waals surface area contributed by atoms with E-state index in [9.17, 15) is 19.7 Å². The lowest BCUT2D eigenvalue weighted by atomic mass is 10.2. The van der Waals surface area contributed by atoms with Gasteiger partial charge in [0.25, 0.3) is 5.69 Å². The Balaban J connectivity index is 1.55. The number of amidine groups is 1. The Morgan fingerprint density at radius 3 is 2.76 bits per heavy atom. The maximum atomic E-state index is 12.3. The van der Waals surface area contributed by atoms with Gasteiger partial charge in [0.05, 0.1) is 4.92 Å². The molecule has 0 radical (unpaired) electrons. The predicted molar refractivity (Wildman–Crippen MR) is 113 cm³/mol. The highest BCUT2D eigenvalue weighted by atomic mass is 32.2. The summed E-state index contributed by atoms with van der Waals surface area (Å²) in [5, 5.41) is 16.3. The van der Waals surface area contributed by atoms with Gasteiger partial charge in [-0.05, 0) is 30.5 Å². The number of benzene rings is 2. The van der Waals surface area contributed by atoms with Gasteiger partial charge in [-0.25, -0.2) is 0 Å². The molecule has 8 nitrogen and oxygen atoms in total. The van der Waals surface area contributed by atoms with E-state index in [1.807, 2.05) is 30.3 Å². The molecule has 150 valence electrons. The second-order valence-corrected chi connectivity index (χ2v) is 7.74. The van der Waals surface area contributed by atoms with Crippen LogP contribution in [-0.2, 0) is 16.0 Å². The van der Waals surface area contributed by atoms with Crippen molar-refractivity contribution in [2.45, 2.75) is 25.0 Å². The molecule has 29 heavy (non-hydrogen) atoms. The molecule has 1 unspecified atom stereocenters. The number of aryl methyl sites for hydroxylation is 1. The first-order chi connectivity index (χ1) is 13.9. The molecule has 2 aromatic carbocycles. The van der Waals surface area contributed by atoms with Crippen LogP contribution in [0.5, 0.6) is 0 Å². The number of carbonyl (C=O) groups excluding carboxylic acids is 2. The first-order valence-electron chi connectivity index (χ1n) is 9.03. The number of rotatable bonds is 7. The Bertz CT molecular complexity index is 962. The summed E-state index contributed by atoms with van der Waals surface area (Å²) >= 11 is 1.20. The molecule has 2 amide bonds. The van der Waals surface area contributed by atoms with E-state index < -0.39 is 16.1 Å². The Morgan fingerprint density at radius 2 is 2.03 bits per heavy atom. The molecule has 0 saturated carbocycles. The average Bonchev–Trinajstić information content (AvgIpc) is 3.03. The van der Waals surface area contributed by atoms with Crippen molar-refractivity contribution in [2.75, 3.05) is 11.9 Å². The van der Waals surface area contributed by atoms with Crippen molar-refractivity contribution in [1.29, 1.82) is 0 Å². The third-order valence-electron chi connectivity index (χ3n) is 4.27. The molecule has 1 fully saturated rings. The first kappa shape index (κ1) is 20.5. The van der Waals surface area contributed by atoms with Gasteiger partial charge in [-0.3, -0.25) is 24.7 Å². The monoisotopic (exact) mass is 412 g/mol. The van der Waals surface area contributed by atoms with Gasteiger partial charge in [0.2, 0.25) is 11.8 Å². The normalized spacial score (nSPS) is 17.2. The van der Waals surface area contributed by atoms with Gasteiger partial charge in [0, 0.05) is 19.0 Å². The number of aliphatic imine (C=N–C) groups is 1. The molecule has 0 aromatic heterocycles. The van der Waals surface area contributed by atoms with Gasteiger partial charge in [-0.1, -0.05) is 48.2 Å². The van der Waals surface area contributed by atoms with E-state index in [1.54, 1.807) is 13.0 Å². The summed E-state index contributed by atoms with van der Waals surface area (Å²) in [7, 11) is 0. The van der Waals surface area contributed by atoms with Crippen molar-refractivity contribution in [3.8, 4) is 0 Å². The number of nitrogens with one attached hydrogen (secondary N) is 2. The zero-order valence-corrected chi connectivity index (χ0v) is 16.6. The Kier molecular flexibility index (Phi) is 6.61. The number of anilines is 1. The Hall–Kier alpha value is -3.20. The van der Waals surface area contributed by atoms with Crippen LogP contribution < -0.4 is 10.6 Å². The van der Waals surface area contributed by atoms with Crippen molar-refractivity contribution in [1.82, 2.24) is 5.32 Å². The third-order valence-corrected chi connectivity index (χ3v) is 5.39. The zero-order valence-electron chi connectivity index (χ0n) is 15.8. The third kappa shape index (κ3) is 5.64. The first-order valence-corrected chi connectivity index (χ1v) is 9.91. The van der Waals surface area contributed by atoms with Gasteiger partial charge in [0.15, 0.2) is 5.17 Å². The van der Waals surface area contributed by atoms with Crippen molar-refractivity contribution in [2.24, 2.45) is 4.99 Å². The van der Waals surface area contributed by atoms with Crippen molar-refractivity contribution < 1.29 is 14.5 Å². The highest BCUT2D eigenvalue weighted by Gasteiger charge is 2.32. The number of nitro benzene ring substituents is 1. The zero-order chi connectivity index (χ0) is 20.8. The number of amides is 2. The number of thioether (sulfide) groups is 1. The van der Waals surface area contributed by atoms with E-state index >= 15 is 0 Å². The van der Waals surface area contributed by atoms with Crippen LogP contribution in [0.4, 0.5) is 11.4 Å².